The second-order valence-corrected chi connectivity index (χ2v) is 6.17. The van der Waals surface area contributed by atoms with Gasteiger partial charge in [0.2, 0.25) is 0 Å². The maximum atomic E-state index is 14.7. The Morgan fingerprint density at radius 1 is 0.962 bits per heavy atom. The Balaban J connectivity index is 1.97. The van der Waals surface area contributed by atoms with E-state index in [0.29, 0.717) is 23.3 Å². The Labute approximate surface area is 152 Å². The largest absolute Gasteiger partial charge is 0.494 e. The van der Waals surface area contributed by atoms with Crippen LogP contribution in [-0.4, -0.2) is 6.61 Å². The third-order valence-electron chi connectivity index (χ3n) is 4.40. The maximum Gasteiger partial charge on any atom is 0.167 e. The fourth-order valence-electron chi connectivity index (χ4n) is 3.04. The van der Waals surface area contributed by atoms with Crippen molar-refractivity contribution in [2.24, 2.45) is 0 Å². The summed E-state index contributed by atoms with van der Waals surface area (Å²) < 4.78 is 34.7. The van der Waals surface area contributed by atoms with Crippen molar-refractivity contribution < 1.29 is 13.5 Å². The lowest BCUT2D eigenvalue weighted by atomic mass is 9.98. The van der Waals surface area contributed by atoms with Crippen molar-refractivity contribution in [2.75, 3.05) is 6.61 Å². The molecule has 0 radical (unpaired) electrons. The SMILES string of the molecule is C/C=C/CCc1ccc(-c2cc3ccc(OCC)cc3c(F)c2F)cc1. The van der Waals surface area contributed by atoms with E-state index in [-0.39, 0.29) is 10.9 Å². The number of hydrogen-bond donors (Lipinski definition) is 0. The minimum Gasteiger partial charge on any atom is -0.494 e. The van der Waals surface area contributed by atoms with E-state index in [1.54, 1.807) is 24.3 Å². The predicted octanol–water partition coefficient (Wildman–Crippen LogP) is 6.69. The second kappa shape index (κ2) is 8.13. The molecule has 26 heavy (non-hydrogen) atoms. The van der Waals surface area contributed by atoms with Crippen molar-refractivity contribution in [3.05, 3.63) is 77.9 Å². The molecule has 0 aliphatic heterocycles. The molecule has 0 saturated heterocycles. The molecule has 0 aromatic heterocycles. The molecular weight excluding hydrogens is 330 g/mol. The van der Waals surface area contributed by atoms with E-state index in [0.717, 1.165) is 12.8 Å². The summed E-state index contributed by atoms with van der Waals surface area (Å²) in [4.78, 5) is 0. The number of fused-ring (bicyclic) bond motifs is 1. The Hall–Kier alpha value is -2.68. The van der Waals surface area contributed by atoms with Crippen molar-refractivity contribution in [3.63, 3.8) is 0 Å². The zero-order chi connectivity index (χ0) is 18.5. The van der Waals surface area contributed by atoms with Crippen molar-refractivity contribution >= 4 is 10.8 Å². The van der Waals surface area contributed by atoms with E-state index in [1.807, 2.05) is 44.2 Å². The second-order valence-electron chi connectivity index (χ2n) is 6.17. The van der Waals surface area contributed by atoms with E-state index in [1.165, 1.54) is 5.56 Å². The third kappa shape index (κ3) is 3.77. The first-order valence-electron chi connectivity index (χ1n) is 8.89. The Bertz CT molecular complexity index is 927. The molecule has 3 rings (SSSR count). The van der Waals surface area contributed by atoms with Crippen LogP contribution in [0.5, 0.6) is 5.75 Å². The van der Waals surface area contributed by atoms with E-state index in [9.17, 15) is 8.78 Å². The summed E-state index contributed by atoms with van der Waals surface area (Å²) in [6.07, 6.45) is 6.04. The molecule has 3 aromatic rings. The third-order valence-corrected chi connectivity index (χ3v) is 4.40. The standard InChI is InChI=1S/C23H22F2O/c1-3-5-6-7-16-8-10-17(11-9-16)20-14-18-12-13-19(26-4-2)15-21(18)23(25)22(20)24/h3,5,8-15H,4,6-7H2,1-2H3/b5-3+. The van der Waals surface area contributed by atoms with Crippen molar-refractivity contribution in [1.29, 1.82) is 0 Å². The zero-order valence-corrected chi connectivity index (χ0v) is 15.1. The van der Waals surface area contributed by atoms with Gasteiger partial charge in [0, 0.05) is 10.9 Å². The topological polar surface area (TPSA) is 9.23 Å². The van der Waals surface area contributed by atoms with Crippen molar-refractivity contribution in [2.45, 2.75) is 26.7 Å². The molecule has 0 heterocycles. The summed E-state index contributed by atoms with van der Waals surface area (Å²) in [5.41, 5.74) is 2.13. The van der Waals surface area contributed by atoms with Gasteiger partial charge in [0.15, 0.2) is 11.6 Å². The number of aryl methyl sites for hydroxylation is 1. The summed E-state index contributed by atoms with van der Waals surface area (Å²) in [6.45, 7) is 4.33. The minimum atomic E-state index is -0.837. The summed E-state index contributed by atoms with van der Waals surface area (Å²) in [5, 5.41) is 0.889. The fraction of sp³-hybridized carbons (Fsp3) is 0.217. The fourth-order valence-corrected chi connectivity index (χ4v) is 3.04. The average Bonchev–Trinajstić information content (AvgIpc) is 2.66. The predicted molar refractivity (Wildman–Crippen MR) is 104 cm³/mol. The molecule has 0 fully saturated rings. The van der Waals surface area contributed by atoms with Crippen LogP contribution in [-0.2, 0) is 6.42 Å². The Kier molecular flexibility index (Phi) is 5.67. The van der Waals surface area contributed by atoms with Gasteiger partial charge in [0.1, 0.15) is 5.75 Å². The number of hydrogen-bond acceptors (Lipinski definition) is 1. The lowest BCUT2D eigenvalue weighted by molar-refractivity contribution is 0.340. The number of rotatable bonds is 6. The molecule has 0 saturated carbocycles. The monoisotopic (exact) mass is 352 g/mol. The molecule has 0 atom stereocenters. The molecule has 3 aromatic carbocycles. The summed E-state index contributed by atoms with van der Waals surface area (Å²) >= 11 is 0. The first-order chi connectivity index (χ1) is 12.6. The molecule has 0 bridgehead atoms. The molecule has 0 aliphatic carbocycles. The highest BCUT2D eigenvalue weighted by Gasteiger charge is 2.15. The summed E-state index contributed by atoms with van der Waals surface area (Å²) in [6, 6.07) is 14.4. The Morgan fingerprint density at radius 2 is 1.73 bits per heavy atom. The van der Waals surface area contributed by atoms with Crippen molar-refractivity contribution in [3.8, 4) is 16.9 Å². The number of halogens is 2. The lowest BCUT2D eigenvalue weighted by Crippen LogP contribution is -1.95. The van der Waals surface area contributed by atoms with Gasteiger partial charge in [-0.05, 0) is 61.4 Å². The molecule has 0 unspecified atom stereocenters. The van der Waals surface area contributed by atoms with Gasteiger partial charge in [0.25, 0.3) is 0 Å². The van der Waals surface area contributed by atoms with Crippen LogP contribution in [0.1, 0.15) is 25.8 Å². The van der Waals surface area contributed by atoms with Crippen LogP contribution in [0.25, 0.3) is 21.9 Å². The van der Waals surface area contributed by atoms with E-state index in [4.69, 9.17) is 4.74 Å². The highest BCUT2D eigenvalue weighted by molar-refractivity contribution is 5.89. The number of allylic oxidation sites excluding steroid dienone is 2. The molecule has 0 N–H and O–H groups in total. The zero-order valence-electron chi connectivity index (χ0n) is 15.1. The quantitative estimate of drug-likeness (QED) is 0.449. The van der Waals surface area contributed by atoms with Crippen LogP contribution in [0, 0.1) is 11.6 Å². The molecule has 0 aliphatic rings. The van der Waals surface area contributed by atoms with Crippen LogP contribution in [0.2, 0.25) is 0 Å². The van der Waals surface area contributed by atoms with Gasteiger partial charge in [-0.2, -0.15) is 0 Å². The first-order valence-corrected chi connectivity index (χ1v) is 8.89. The summed E-state index contributed by atoms with van der Waals surface area (Å²) in [5.74, 6) is -1.12. The van der Waals surface area contributed by atoms with Gasteiger partial charge in [-0.25, -0.2) is 8.78 Å². The Morgan fingerprint density at radius 3 is 2.42 bits per heavy atom. The molecule has 3 heteroatoms. The van der Waals surface area contributed by atoms with Crippen LogP contribution < -0.4 is 4.74 Å². The van der Waals surface area contributed by atoms with Crippen LogP contribution in [0.3, 0.4) is 0 Å². The molecular formula is C23H22F2O. The van der Waals surface area contributed by atoms with Gasteiger partial charge in [-0.15, -0.1) is 0 Å². The van der Waals surface area contributed by atoms with Crippen LogP contribution in [0.4, 0.5) is 8.78 Å². The van der Waals surface area contributed by atoms with E-state index >= 15 is 0 Å². The highest BCUT2D eigenvalue weighted by atomic mass is 19.2. The minimum absolute atomic E-state index is 0.236. The van der Waals surface area contributed by atoms with E-state index in [2.05, 4.69) is 6.08 Å². The average molecular weight is 352 g/mol. The van der Waals surface area contributed by atoms with Gasteiger partial charge in [-0.1, -0.05) is 42.5 Å². The van der Waals surface area contributed by atoms with Crippen LogP contribution in [0.15, 0.2) is 60.7 Å². The molecule has 1 nitrogen and oxygen atoms in total. The maximum absolute atomic E-state index is 14.7. The number of benzene rings is 3. The summed E-state index contributed by atoms with van der Waals surface area (Å²) in [7, 11) is 0. The molecule has 0 spiro atoms. The molecule has 134 valence electrons. The smallest absolute Gasteiger partial charge is 0.167 e. The van der Waals surface area contributed by atoms with Gasteiger partial charge >= 0.3 is 0 Å². The van der Waals surface area contributed by atoms with Gasteiger partial charge < -0.3 is 4.74 Å². The van der Waals surface area contributed by atoms with Gasteiger partial charge in [0.05, 0.1) is 6.61 Å². The number of ether oxygens (including phenoxy) is 1. The lowest BCUT2D eigenvalue weighted by Gasteiger charge is -2.10. The van der Waals surface area contributed by atoms with Crippen LogP contribution >= 0.6 is 0 Å². The van der Waals surface area contributed by atoms with Gasteiger partial charge in [-0.3, -0.25) is 0 Å². The molecule has 0 amide bonds. The first kappa shape index (κ1) is 18.1. The normalized spacial score (nSPS) is 11.4. The van der Waals surface area contributed by atoms with Crippen molar-refractivity contribution in [1.82, 2.24) is 0 Å². The van der Waals surface area contributed by atoms with E-state index < -0.39 is 11.6 Å². The highest BCUT2D eigenvalue weighted by Crippen LogP contribution is 2.32.